The number of hydrogen-bond donors (Lipinski definition) is 1. The normalized spacial score (nSPS) is 10.6. The van der Waals surface area contributed by atoms with Crippen molar-refractivity contribution in [3.05, 3.63) is 70.9 Å². The number of aromatic nitrogens is 1. The topological polar surface area (TPSA) is 55.1 Å². The predicted molar refractivity (Wildman–Crippen MR) is 90.5 cm³/mol. The second-order valence-electron chi connectivity index (χ2n) is 5.71. The van der Waals surface area contributed by atoms with Crippen LogP contribution in [0.25, 0.3) is 11.3 Å². The van der Waals surface area contributed by atoms with E-state index in [1.165, 1.54) is 5.56 Å². The Morgan fingerprint density at radius 1 is 0.957 bits per heavy atom. The lowest BCUT2D eigenvalue weighted by Crippen LogP contribution is -2.13. The number of carbonyl (C=O) groups is 1. The molecule has 3 aromatic rings. The lowest BCUT2D eigenvalue weighted by molar-refractivity contribution is 0.101. The zero-order valence-corrected chi connectivity index (χ0v) is 13.4. The minimum atomic E-state index is -0.279. The maximum Gasteiger partial charge on any atom is 0.277 e. The van der Waals surface area contributed by atoms with Gasteiger partial charge in [-0.05, 0) is 32.4 Å². The van der Waals surface area contributed by atoms with Crippen LogP contribution in [0.15, 0.2) is 53.1 Å². The van der Waals surface area contributed by atoms with Gasteiger partial charge >= 0.3 is 0 Å². The molecule has 0 radical (unpaired) electrons. The Bertz CT molecular complexity index is 848. The van der Waals surface area contributed by atoms with Gasteiger partial charge in [0.05, 0.1) is 0 Å². The van der Waals surface area contributed by atoms with E-state index in [2.05, 4.69) is 10.5 Å². The second kappa shape index (κ2) is 6.08. The second-order valence-corrected chi connectivity index (χ2v) is 5.71. The van der Waals surface area contributed by atoms with Crippen LogP contribution in [0.4, 0.5) is 5.69 Å². The van der Waals surface area contributed by atoms with E-state index in [0.29, 0.717) is 5.76 Å². The number of benzene rings is 2. The smallest absolute Gasteiger partial charge is 0.277 e. The van der Waals surface area contributed by atoms with Crippen molar-refractivity contribution < 1.29 is 9.32 Å². The Hall–Kier alpha value is -2.88. The summed E-state index contributed by atoms with van der Waals surface area (Å²) in [4.78, 5) is 12.3. The zero-order chi connectivity index (χ0) is 16.4. The molecule has 2 aromatic carbocycles. The van der Waals surface area contributed by atoms with Gasteiger partial charge in [-0.15, -0.1) is 0 Å². The molecule has 0 aliphatic heterocycles. The molecule has 116 valence electrons. The molecular formula is C19H18N2O2. The molecule has 0 atom stereocenters. The van der Waals surface area contributed by atoms with Gasteiger partial charge in [-0.1, -0.05) is 52.7 Å². The average Bonchev–Trinajstić information content (AvgIpc) is 3.01. The molecule has 4 nitrogen and oxygen atoms in total. The predicted octanol–water partition coefficient (Wildman–Crippen LogP) is 4.52. The standard InChI is InChI=1S/C19H18N2O2/c1-12-4-7-15(8-5-12)18-11-17(21-23-18)19(22)20-16-9-6-13(2)10-14(16)3/h4-11H,1-3H3,(H,20,22). The van der Waals surface area contributed by atoms with Crippen LogP contribution in [0.3, 0.4) is 0 Å². The number of aryl methyl sites for hydroxylation is 3. The fourth-order valence-electron chi connectivity index (χ4n) is 2.38. The van der Waals surface area contributed by atoms with Crippen LogP contribution in [-0.4, -0.2) is 11.1 Å². The van der Waals surface area contributed by atoms with Gasteiger partial charge in [-0.3, -0.25) is 4.79 Å². The maximum absolute atomic E-state index is 12.3. The van der Waals surface area contributed by atoms with Crippen molar-refractivity contribution in [2.75, 3.05) is 5.32 Å². The Kier molecular flexibility index (Phi) is 3.98. The fourth-order valence-corrected chi connectivity index (χ4v) is 2.38. The van der Waals surface area contributed by atoms with Crippen LogP contribution in [0.5, 0.6) is 0 Å². The van der Waals surface area contributed by atoms with Gasteiger partial charge in [0.1, 0.15) is 0 Å². The third-order valence-electron chi connectivity index (χ3n) is 3.71. The molecule has 3 rings (SSSR count). The van der Waals surface area contributed by atoms with Crippen LogP contribution in [0.2, 0.25) is 0 Å². The van der Waals surface area contributed by atoms with E-state index in [0.717, 1.165) is 22.4 Å². The molecule has 23 heavy (non-hydrogen) atoms. The molecule has 4 heteroatoms. The first kappa shape index (κ1) is 15.0. The highest BCUT2D eigenvalue weighted by Crippen LogP contribution is 2.22. The van der Waals surface area contributed by atoms with Crippen molar-refractivity contribution in [1.29, 1.82) is 0 Å². The van der Waals surface area contributed by atoms with Crippen molar-refractivity contribution in [1.82, 2.24) is 5.16 Å². The van der Waals surface area contributed by atoms with E-state index in [9.17, 15) is 4.79 Å². The highest BCUT2D eigenvalue weighted by Gasteiger charge is 2.14. The summed E-state index contributed by atoms with van der Waals surface area (Å²) >= 11 is 0. The molecule has 0 spiro atoms. The van der Waals surface area contributed by atoms with Crippen molar-refractivity contribution >= 4 is 11.6 Å². The van der Waals surface area contributed by atoms with Crippen molar-refractivity contribution in [2.45, 2.75) is 20.8 Å². The molecular weight excluding hydrogens is 288 g/mol. The minimum Gasteiger partial charge on any atom is -0.355 e. The van der Waals surface area contributed by atoms with Gasteiger partial charge in [0.15, 0.2) is 11.5 Å². The van der Waals surface area contributed by atoms with E-state index in [-0.39, 0.29) is 11.6 Å². The first-order chi connectivity index (χ1) is 11.0. The quantitative estimate of drug-likeness (QED) is 0.774. The molecule has 0 saturated carbocycles. The van der Waals surface area contributed by atoms with E-state index < -0.39 is 0 Å². The monoisotopic (exact) mass is 306 g/mol. The van der Waals surface area contributed by atoms with Crippen LogP contribution >= 0.6 is 0 Å². The van der Waals surface area contributed by atoms with Gasteiger partial charge in [-0.25, -0.2) is 0 Å². The van der Waals surface area contributed by atoms with Crippen molar-refractivity contribution in [3.63, 3.8) is 0 Å². The number of anilines is 1. The van der Waals surface area contributed by atoms with E-state index >= 15 is 0 Å². The molecule has 0 saturated heterocycles. The Labute approximate surface area is 135 Å². The third kappa shape index (κ3) is 3.31. The lowest BCUT2D eigenvalue weighted by atomic mass is 10.1. The van der Waals surface area contributed by atoms with Crippen molar-refractivity contribution in [2.24, 2.45) is 0 Å². The first-order valence-electron chi connectivity index (χ1n) is 7.45. The van der Waals surface area contributed by atoms with Crippen LogP contribution in [-0.2, 0) is 0 Å². The Balaban J connectivity index is 1.79. The summed E-state index contributed by atoms with van der Waals surface area (Å²) < 4.78 is 5.29. The largest absolute Gasteiger partial charge is 0.355 e. The molecule has 0 fully saturated rings. The van der Waals surface area contributed by atoms with Gasteiger partial charge in [0, 0.05) is 17.3 Å². The molecule has 0 unspecified atom stereocenters. The number of nitrogens with zero attached hydrogens (tertiary/aromatic N) is 1. The third-order valence-corrected chi connectivity index (χ3v) is 3.71. The average molecular weight is 306 g/mol. The SMILES string of the molecule is Cc1ccc(-c2cc(C(=O)Nc3ccc(C)cc3C)no2)cc1. The van der Waals surface area contributed by atoms with Crippen LogP contribution in [0.1, 0.15) is 27.2 Å². The number of rotatable bonds is 3. The van der Waals surface area contributed by atoms with Gasteiger partial charge in [0.25, 0.3) is 5.91 Å². The molecule has 0 aliphatic rings. The highest BCUT2D eigenvalue weighted by molar-refractivity contribution is 6.03. The van der Waals surface area contributed by atoms with Gasteiger partial charge in [0.2, 0.25) is 0 Å². The first-order valence-corrected chi connectivity index (χ1v) is 7.45. The summed E-state index contributed by atoms with van der Waals surface area (Å²) in [6.07, 6.45) is 0. The Morgan fingerprint density at radius 2 is 1.65 bits per heavy atom. The number of hydrogen-bond acceptors (Lipinski definition) is 3. The zero-order valence-electron chi connectivity index (χ0n) is 13.4. The summed E-state index contributed by atoms with van der Waals surface area (Å²) in [5.74, 6) is 0.301. The summed E-state index contributed by atoms with van der Waals surface area (Å²) in [6, 6.07) is 15.4. The van der Waals surface area contributed by atoms with E-state index in [1.54, 1.807) is 6.07 Å². The molecule has 1 heterocycles. The van der Waals surface area contributed by atoms with Gasteiger partial charge in [-0.2, -0.15) is 0 Å². The lowest BCUT2D eigenvalue weighted by Gasteiger charge is -2.07. The number of carbonyl (C=O) groups excluding carboxylic acids is 1. The summed E-state index contributed by atoms with van der Waals surface area (Å²) in [7, 11) is 0. The Morgan fingerprint density at radius 3 is 2.35 bits per heavy atom. The molecule has 0 aliphatic carbocycles. The summed E-state index contributed by atoms with van der Waals surface area (Å²) in [5.41, 5.74) is 5.28. The van der Waals surface area contributed by atoms with Crippen molar-refractivity contribution in [3.8, 4) is 11.3 Å². The van der Waals surface area contributed by atoms with Crippen LogP contribution < -0.4 is 5.32 Å². The number of nitrogens with one attached hydrogen (secondary N) is 1. The summed E-state index contributed by atoms with van der Waals surface area (Å²) in [6.45, 7) is 6.00. The summed E-state index contributed by atoms with van der Waals surface area (Å²) in [5, 5.41) is 6.74. The van der Waals surface area contributed by atoms with Gasteiger partial charge < -0.3 is 9.84 Å². The highest BCUT2D eigenvalue weighted by atomic mass is 16.5. The fraction of sp³-hybridized carbons (Fsp3) is 0.158. The molecule has 1 N–H and O–H groups in total. The molecule has 0 bridgehead atoms. The molecule has 1 amide bonds. The van der Waals surface area contributed by atoms with Crippen LogP contribution in [0, 0.1) is 20.8 Å². The van der Waals surface area contributed by atoms with E-state index in [4.69, 9.17) is 4.52 Å². The number of amides is 1. The molecule has 1 aromatic heterocycles. The van der Waals surface area contributed by atoms with E-state index in [1.807, 2.05) is 63.2 Å². The maximum atomic E-state index is 12.3. The minimum absolute atomic E-state index is 0.264.